The Balaban J connectivity index is 1.78. The number of benzene rings is 1. The van der Waals surface area contributed by atoms with Crippen LogP contribution in [0.1, 0.15) is 42.4 Å². The number of hydrogen-bond acceptors (Lipinski definition) is 3. The zero-order valence-corrected chi connectivity index (χ0v) is 15.2. The van der Waals surface area contributed by atoms with Gasteiger partial charge in [0.2, 0.25) is 0 Å². The van der Waals surface area contributed by atoms with E-state index in [1.807, 2.05) is 54.4 Å². The molecule has 0 saturated heterocycles. The van der Waals surface area contributed by atoms with E-state index in [9.17, 15) is 4.79 Å². The van der Waals surface area contributed by atoms with Crippen LogP contribution in [0.15, 0.2) is 30.5 Å². The molecule has 1 aliphatic heterocycles. The molecule has 0 aliphatic carbocycles. The molecule has 5 nitrogen and oxygen atoms in total. The number of rotatable bonds is 2. The van der Waals surface area contributed by atoms with Gasteiger partial charge in [-0.25, -0.2) is 0 Å². The predicted molar refractivity (Wildman–Crippen MR) is 96.4 cm³/mol. The fourth-order valence-electron chi connectivity index (χ4n) is 3.17. The number of fused-ring (bicyclic) bond motifs is 1. The highest BCUT2D eigenvalue weighted by molar-refractivity contribution is 5.94. The Labute approximate surface area is 143 Å². The van der Waals surface area contributed by atoms with Crippen LogP contribution in [0.5, 0.6) is 0 Å². The molecule has 0 radical (unpaired) electrons. The summed E-state index contributed by atoms with van der Waals surface area (Å²) in [5, 5.41) is 4.54. The van der Waals surface area contributed by atoms with Crippen LogP contribution in [0.25, 0.3) is 0 Å². The van der Waals surface area contributed by atoms with Crippen LogP contribution in [0.2, 0.25) is 0 Å². The highest BCUT2D eigenvalue weighted by Crippen LogP contribution is 2.25. The number of amides is 1. The first-order valence-corrected chi connectivity index (χ1v) is 8.40. The minimum Gasteiger partial charge on any atom is -0.378 e. The summed E-state index contributed by atoms with van der Waals surface area (Å²) in [4.78, 5) is 16.7. The molecule has 3 rings (SSSR count). The van der Waals surface area contributed by atoms with Gasteiger partial charge >= 0.3 is 0 Å². The molecule has 24 heavy (non-hydrogen) atoms. The molecule has 0 saturated carbocycles. The van der Waals surface area contributed by atoms with Gasteiger partial charge in [-0.3, -0.25) is 9.48 Å². The molecule has 1 aromatic heterocycles. The second-order valence-electron chi connectivity index (χ2n) is 7.62. The maximum absolute atomic E-state index is 12.8. The monoisotopic (exact) mass is 326 g/mol. The highest BCUT2D eigenvalue weighted by atomic mass is 16.2. The lowest BCUT2D eigenvalue weighted by Crippen LogP contribution is -2.37. The van der Waals surface area contributed by atoms with E-state index < -0.39 is 0 Å². The number of carbonyl (C=O) groups is 1. The average molecular weight is 326 g/mol. The fourth-order valence-corrected chi connectivity index (χ4v) is 3.17. The van der Waals surface area contributed by atoms with Crippen molar-refractivity contribution in [2.45, 2.75) is 39.3 Å². The molecule has 1 amide bonds. The molecule has 2 heterocycles. The van der Waals surface area contributed by atoms with Gasteiger partial charge in [0.15, 0.2) is 0 Å². The van der Waals surface area contributed by atoms with Crippen molar-refractivity contribution in [3.05, 3.63) is 47.3 Å². The Morgan fingerprint density at radius 1 is 1.17 bits per heavy atom. The number of hydrogen-bond donors (Lipinski definition) is 0. The van der Waals surface area contributed by atoms with E-state index in [4.69, 9.17) is 0 Å². The first kappa shape index (κ1) is 16.6. The Morgan fingerprint density at radius 3 is 2.42 bits per heavy atom. The van der Waals surface area contributed by atoms with E-state index in [-0.39, 0.29) is 11.4 Å². The van der Waals surface area contributed by atoms with E-state index >= 15 is 0 Å². The Bertz CT molecular complexity index is 738. The topological polar surface area (TPSA) is 41.4 Å². The van der Waals surface area contributed by atoms with Crippen LogP contribution in [-0.2, 0) is 18.5 Å². The van der Waals surface area contributed by atoms with Gasteiger partial charge in [0, 0.05) is 56.1 Å². The minimum absolute atomic E-state index is 0.0260. The quantitative estimate of drug-likeness (QED) is 0.852. The molecule has 0 fully saturated rings. The summed E-state index contributed by atoms with van der Waals surface area (Å²) in [5.41, 5.74) is 4.23. The molecule has 2 aromatic rings. The zero-order chi connectivity index (χ0) is 17.5. The minimum atomic E-state index is -0.0260. The van der Waals surface area contributed by atoms with Gasteiger partial charge in [-0.15, -0.1) is 0 Å². The van der Waals surface area contributed by atoms with Crippen molar-refractivity contribution in [1.82, 2.24) is 14.7 Å². The lowest BCUT2D eigenvalue weighted by atomic mass is 10.0. The van der Waals surface area contributed by atoms with Gasteiger partial charge < -0.3 is 9.80 Å². The van der Waals surface area contributed by atoms with Gasteiger partial charge in [-0.2, -0.15) is 5.10 Å². The average Bonchev–Trinajstić information content (AvgIpc) is 2.97. The van der Waals surface area contributed by atoms with Crippen molar-refractivity contribution in [2.24, 2.45) is 0 Å². The fraction of sp³-hybridized carbons (Fsp3) is 0.474. The third-order valence-electron chi connectivity index (χ3n) is 4.49. The molecule has 1 aliphatic rings. The second-order valence-corrected chi connectivity index (χ2v) is 7.62. The number of nitrogens with zero attached hydrogens (tertiary/aromatic N) is 4. The first-order chi connectivity index (χ1) is 11.3. The molecule has 0 N–H and O–H groups in total. The Morgan fingerprint density at radius 2 is 1.83 bits per heavy atom. The van der Waals surface area contributed by atoms with E-state index in [2.05, 4.69) is 30.6 Å². The van der Waals surface area contributed by atoms with Crippen LogP contribution in [-0.4, -0.2) is 41.2 Å². The van der Waals surface area contributed by atoms with Gasteiger partial charge in [-0.1, -0.05) is 0 Å². The summed E-state index contributed by atoms with van der Waals surface area (Å²) >= 11 is 0. The van der Waals surface area contributed by atoms with Crippen LogP contribution in [0.4, 0.5) is 5.69 Å². The Kier molecular flexibility index (Phi) is 4.11. The lowest BCUT2D eigenvalue weighted by Gasteiger charge is -2.30. The smallest absolute Gasteiger partial charge is 0.254 e. The summed E-state index contributed by atoms with van der Waals surface area (Å²) in [5.74, 6) is 0.0921. The SMILES string of the molecule is CN(C)c1ccc(C(=O)N2CCc3c(cnn3C(C)(C)C)C2)cc1. The van der Waals surface area contributed by atoms with E-state index in [0.717, 1.165) is 29.8 Å². The largest absolute Gasteiger partial charge is 0.378 e. The second kappa shape index (κ2) is 5.96. The van der Waals surface area contributed by atoms with Crippen molar-refractivity contribution < 1.29 is 4.79 Å². The van der Waals surface area contributed by atoms with Gasteiger partial charge in [0.05, 0.1) is 11.7 Å². The van der Waals surface area contributed by atoms with Crippen LogP contribution in [0, 0.1) is 0 Å². The van der Waals surface area contributed by atoms with Crippen molar-refractivity contribution in [1.29, 1.82) is 0 Å². The van der Waals surface area contributed by atoms with Crippen molar-refractivity contribution in [3.8, 4) is 0 Å². The number of anilines is 1. The maximum atomic E-state index is 12.8. The zero-order valence-electron chi connectivity index (χ0n) is 15.2. The third-order valence-corrected chi connectivity index (χ3v) is 4.49. The van der Waals surface area contributed by atoms with Crippen LogP contribution in [0.3, 0.4) is 0 Å². The Hall–Kier alpha value is -2.30. The van der Waals surface area contributed by atoms with E-state index in [0.29, 0.717) is 6.54 Å². The summed E-state index contributed by atoms with van der Waals surface area (Å²) in [6, 6.07) is 7.79. The van der Waals surface area contributed by atoms with E-state index in [1.165, 1.54) is 5.69 Å². The third kappa shape index (κ3) is 3.03. The van der Waals surface area contributed by atoms with Crippen molar-refractivity contribution in [3.63, 3.8) is 0 Å². The van der Waals surface area contributed by atoms with Crippen molar-refractivity contribution in [2.75, 3.05) is 25.5 Å². The lowest BCUT2D eigenvalue weighted by molar-refractivity contribution is 0.0732. The first-order valence-electron chi connectivity index (χ1n) is 8.40. The highest BCUT2D eigenvalue weighted by Gasteiger charge is 2.27. The molecule has 5 heteroatoms. The molecule has 0 spiro atoms. The standard InChI is InChI=1S/C19H26N4O/c1-19(2,3)23-17-10-11-22(13-15(17)12-20-23)18(24)14-6-8-16(9-7-14)21(4)5/h6-9,12H,10-11,13H2,1-5H3. The molecule has 0 atom stereocenters. The van der Waals surface area contributed by atoms with E-state index in [1.54, 1.807) is 0 Å². The van der Waals surface area contributed by atoms with Gasteiger partial charge in [-0.05, 0) is 45.0 Å². The molecule has 0 bridgehead atoms. The molecule has 0 unspecified atom stereocenters. The summed E-state index contributed by atoms with van der Waals surface area (Å²) < 4.78 is 2.09. The van der Waals surface area contributed by atoms with Gasteiger partial charge in [0.1, 0.15) is 0 Å². The molecule has 1 aromatic carbocycles. The normalized spacial score (nSPS) is 14.5. The molecular formula is C19H26N4O. The molecular weight excluding hydrogens is 300 g/mol. The van der Waals surface area contributed by atoms with Crippen molar-refractivity contribution >= 4 is 11.6 Å². The summed E-state index contributed by atoms with van der Waals surface area (Å²) in [7, 11) is 3.99. The predicted octanol–water partition coefficient (Wildman–Crippen LogP) is 2.90. The van der Waals surface area contributed by atoms with Crippen LogP contribution < -0.4 is 4.90 Å². The number of carbonyl (C=O) groups excluding carboxylic acids is 1. The molecule has 128 valence electrons. The van der Waals surface area contributed by atoms with Gasteiger partial charge in [0.25, 0.3) is 5.91 Å². The summed E-state index contributed by atoms with van der Waals surface area (Å²) in [6.07, 6.45) is 2.77. The van der Waals surface area contributed by atoms with Crippen LogP contribution >= 0.6 is 0 Å². The summed E-state index contributed by atoms with van der Waals surface area (Å²) in [6.45, 7) is 7.85. The number of aromatic nitrogens is 2. The maximum Gasteiger partial charge on any atom is 0.254 e.